The third kappa shape index (κ3) is 2.27. The maximum Gasteiger partial charge on any atom is 0.280 e. The number of hydrogen-bond donors (Lipinski definition) is 0. The van der Waals surface area contributed by atoms with Gasteiger partial charge >= 0.3 is 0 Å². The van der Waals surface area contributed by atoms with Crippen molar-refractivity contribution in [1.82, 2.24) is 14.5 Å². The lowest BCUT2D eigenvalue weighted by atomic mass is 10.0. The number of piperidine rings is 1. The molecule has 2 aromatic rings. The van der Waals surface area contributed by atoms with Gasteiger partial charge in [0, 0.05) is 19.0 Å². The van der Waals surface area contributed by atoms with Crippen molar-refractivity contribution in [3.63, 3.8) is 0 Å². The van der Waals surface area contributed by atoms with Crippen LogP contribution in [0, 0.1) is 0 Å². The van der Waals surface area contributed by atoms with Crippen molar-refractivity contribution in [3.05, 3.63) is 40.4 Å². The van der Waals surface area contributed by atoms with E-state index in [-0.39, 0.29) is 5.56 Å². The van der Waals surface area contributed by atoms with Crippen molar-refractivity contribution in [3.8, 4) is 0 Å². The maximum atomic E-state index is 12.2. The van der Waals surface area contributed by atoms with E-state index in [9.17, 15) is 4.79 Å². The van der Waals surface area contributed by atoms with Crippen LogP contribution in [-0.2, 0) is 6.54 Å². The lowest BCUT2D eigenvalue weighted by Crippen LogP contribution is -2.33. The van der Waals surface area contributed by atoms with Gasteiger partial charge in [-0.2, -0.15) is 4.98 Å². The molecule has 1 fully saturated rings. The molecule has 2 aliphatic heterocycles. The molecule has 21 heavy (non-hydrogen) atoms. The molecule has 1 saturated heterocycles. The van der Waals surface area contributed by atoms with Crippen LogP contribution in [0.2, 0.25) is 0 Å². The first kappa shape index (κ1) is 13.0. The van der Waals surface area contributed by atoms with E-state index in [1.807, 2.05) is 24.3 Å². The number of aryl methyl sites for hydroxylation is 1. The summed E-state index contributed by atoms with van der Waals surface area (Å²) in [5.74, 6) is 1.42. The molecule has 1 aromatic carbocycles. The summed E-state index contributed by atoms with van der Waals surface area (Å²) in [7, 11) is 0. The van der Waals surface area contributed by atoms with E-state index in [0.29, 0.717) is 5.92 Å². The second-order valence-electron chi connectivity index (χ2n) is 6.29. The third-order valence-corrected chi connectivity index (χ3v) is 4.91. The van der Waals surface area contributed by atoms with Crippen LogP contribution in [0.25, 0.3) is 10.9 Å². The summed E-state index contributed by atoms with van der Waals surface area (Å²) in [6.07, 6.45) is 5.09. The van der Waals surface area contributed by atoms with E-state index in [0.717, 1.165) is 36.2 Å². The van der Waals surface area contributed by atoms with E-state index in [2.05, 4.69) is 14.5 Å². The molecule has 110 valence electrons. The molecule has 1 atom stereocenters. The molecule has 2 aliphatic rings. The highest BCUT2D eigenvalue weighted by Gasteiger charge is 2.28. The van der Waals surface area contributed by atoms with Gasteiger partial charge in [-0.1, -0.05) is 18.6 Å². The molecule has 4 nitrogen and oxygen atoms in total. The topological polar surface area (TPSA) is 38.1 Å². The monoisotopic (exact) mass is 283 g/mol. The van der Waals surface area contributed by atoms with Gasteiger partial charge in [0.15, 0.2) is 0 Å². The molecule has 0 N–H and O–H groups in total. The van der Waals surface area contributed by atoms with Crippen LogP contribution in [0.15, 0.2) is 29.1 Å². The standard InChI is InChI=1S/C17H21N3O/c21-17-14-6-2-3-7-15(14)20-11-8-13(16(20)18-17)12-19-9-4-1-5-10-19/h2-3,6-7,13H,1,4-5,8-12H2/t13-/m1/s1. The van der Waals surface area contributed by atoms with Crippen LogP contribution in [0.5, 0.6) is 0 Å². The van der Waals surface area contributed by atoms with Gasteiger partial charge in [0.05, 0.1) is 10.9 Å². The van der Waals surface area contributed by atoms with Crippen LogP contribution in [-0.4, -0.2) is 34.1 Å². The number of benzene rings is 1. The fraction of sp³-hybridized carbons (Fsp3) is 0.529. The first-order valence-corrected chi connectivity index (χ1v) is 8.05. The molecule has 0 saturated carbocycles. The molecule has 0 spiro atoms. The van der Waals surface area contributed by atoms with Gasteiger partial charge in [-0.3, -0.25) is 4.79 Å². The van der Waals surface area contributed by atoms with E-state index in [1.54, 1.807) is 0 Å². The van der Waals surface area contributed by atoms with Crippen LogP contribution >= 0.6 is 0 Å². The summed E-state index contributed by atoms with van der Waals surface area (Å²) < 4.78 is 2.26. The van der Waals surface area contributed by atoms with Crippen molar-refractivity contribution >= 4 is 10.9 Å². The third-order valence-electron chi connectivity index (χ3n) is 4.91. The Hall–Kier alpha value is -1.68. The molecule has 1 aromatic heterocycles. The molecule has 0 unspecified atom stereocenters. The number of fused-ring (bicyclic) bond motifs is 3. The predicted octanol–water partition coefficient (Wildman–Crippen LogP) is 2.37. The Balaban J connectivity index is 1.69. The number of aromatic nitrogens is 2. The van der Waals surface area contributed by atoms with Crippen LogP contribution in [0.1, 0.15) is 37.4 Å². The van der Waals surface area contributed by atoms with Gasteiger partial charge in [-0.15, -0.1) is 0 Å². The minimum absolute atomic E-state index is 0.0672. The zero-order valence-corrected chi connectivity index (χ0v) is 12.3. The zero-order valence-electron chi connectivity index (χ0n) is 12.3. The fourth-order valence-corrected chi connectivity index (χ4v) is 3.83. The lowest BCUT2D eigenvalue weighted by Gasteiger charge is -2.28. The summed E-state index contributed by atoms with van der Waals surface area (Å²) >= 11 is 0. The van der Waals surface area contributed by atoms with Crippen LogP contribution in [0.3, 0.4) is 0 Å². The predicted molar refractivity (Wildman–Crippen MR) is 83.7 cm³/mol. The van der Waals surface area contributed by atoms with E-state index < -0.39 is 0 Å². The smallest absolute Gasteiger partial charge is 0.280 e. The van der Waals surface area contributed by atoms with E-state index >= 15 is 0 Å². The van der Waals surface area contributed by atoms with Crippen molar-refractivity contribution in [2.24, 2.45) is 0 Å². The summed E-state index contributed by atoms with van der Waals surface area (Å²) in [5, 5.41) is 0.750. The van der Waals surface area contributed by atoms with Gasteiger partial charge in [0.1, 0.15) is 5.82 Å². The molecule has 3 heterocycles. The molecule has 4 heteroatoms. The average Bonchev–Trinajstić information content (AvgIpc) is 2.92. The minimum Gasteiger partial charge on any atom is -0.329 e. The molecular weight excluding hydrogens is 262 g/mol. The Kier molecular flexibility index (Phi) is 3.26. The van der Waals surface area contributed by atoms with Gasteiger partial charge in [0.25, 0.3) is 5.56 Å². The highest BCUT2D eigenvalue weighted by molar-refractivity contribution is 5.78. The number of para-hydroxylation sites is 1. The normalized spacial score (nSPS) is 22.6. The van der Waals surface area contributed by atoms with Crippen LogP contribution in [0.4, 0.5) is 0 Å². The lowest BCUT2D eigenvalue weighted by molar-refractivity contribution is 0.214. The minimum atomic E-state index is -0.0672. The quantitative estimate of drug-likeness (QED) is 0.849. The van der Waals surface area contributed by atoms with Crippen molar-refractivity contribution in [2.45, 2.75) is 38.1 Å². The highest BCUT2D eigenvalue weighted by atomic mass is 16.1. The fourth-order valence-electron chi connectivity index (χ4n) is 3.83. The number of likely N-dealkylation sites (tertiary alicyclic amines) is 1. The molecule has 0 radical (unpaired) electrons. The second-order valence-corrected chi connectivity index (χ2v) is 6.29. The Morgan fingerprint density at radius 2 is 1.90 bits per heavy atom. The molecular formula is C17H21N3O. The summed E-state index contributed by atoms with van der Waals surface area (Å²) in [6, 6.07) is 7.85. The highest BCUT2D eigenvalue weighted by Crippen LogP contribution is 2.29. The van der Waals surface area contributed by atoms with Gasteiger partial charge in [-0.25, -0.2) is 0 Å². The largest absolute Gasteiger partial charge is 0.329 e. The zero-order chi connectivity index (χ0) is 14.2. The summed E-state index contributed by atoms with van der Waals surface area (Å²) in [6.45, 7) is 4.45. The number of nitrogens with zero attached hydrogens (tertiary/aromatic N) is 3. The van der Waals surface area contributed by atoms with Crippen molar-refractivity contribution in [2.75, 3.05) is 19.6 Å². The Morgan fingerprint density at radius 3 is 2.76 bits per heavy atom. The van der Waals surface area contributed by atoms with Crippen LogP contribution < -0.4 is 5.56 Å². The molecule has 0 aliphatic carbocycles. The Bertz CT molecular complexity index is 716. The van der Waals surface area contributed by atoms with Gasteiger partial charge < -0.3 is 9.47 Å². The van der Waals surface area contributed by atoms with Gasteiger partial charge in [-0.05, 0) is 44.5 Å². The van der Waals surface area contributed by atoms with Crippen molar-refractivity contribution in [1.29, 1.82) is 0 Å². The van der Waals surface area contributed by atoms with Crippen molar-refractivity contribution < 1.29 is 0 Å². The first-order chi connectivity index (χ1) is 10.3. The SMILES string of the molecule is O=c1nc2n(c3ccccc13)CC[C@@H]2CN1CCCCC1. The molecule has 4 rings (SSSR count). The number of hydrogen-bond acceptors (Lipinski definition) is 3. The molecule has 0 amide bonds. The van der Waals surface area contributed by atoms with Gasteiger partial charge in [0.2, 0.25) is 0 Å². The summed E-state index contributed by atoms with van der Waals surface area (Å²) in [4.78, 5) is 19.2. The maximum absolute atomic E-state index is 12.2. The summed E-state index contributed by atoms with van der Waals surface area (Å²) in [5.41, 5.74) is 0.982. The number of rotatable bonds is 2. The second kappa shape index (κ2) is 5.26. The Morgan fingerprint density at radius 1 is 1.10 bits per heavy atom. The Labute approximate surface area is 124 Å². The molecule has 0 bridgehead atoms. The average molecular weight is 283 g/mol. The van der Waals surface area contributed by atoms with E-state index in [1.165, 1.54) is 32.4 Å². The van der Waals surface area contributed by atoms with E-state index in [4.69, 9.17) is 0 Å². The first-order valence-electron chi connectivity index (χ1n) is 8.05.